The first-order valence-corrected chi connectivity index (χ1v) is 11.3. The van der Waals surface area contributed by atoms with Crippen LogP contribution in [0.15, 0.2) is 54.9 Å². The molecule has 1 aliphatic carbocycles. The van der Waals surface area contributed by atoms with Crippen LogP contribution in [0, 0.1) is 5.92 Å². The Labute approximate surface area is 197 Å². The number of anilines is 3. The molecule has 2 aromatic heterocycles. The van der Waals surface area contributed by atoms with E-state index in [0.717, 1.165) is 36.9 Å². The third-order valence-corrected chi connectivity index (χ3v) is 6.39. The van der Waals surface area contributed by atoms with E-state index in [1.807, 2.05) is 48.5 Å². The fourth-order valence-electron chi connectivity index (χ4n) is 4.57. The first kappa shape index (κ1) is 21.7. The molecule has 2 heterocycles. The number of nitrogen functional groups attached to an aromatic ring is 2. The fourth-order valence-corrected chi connectivity index (χ4v) is 4.57. The summed E-state index contributed by atoms with van der Waals surface area (Å²) in [4.78, 5) is 26.5. The zero-order valence-electron chi connectivity index (χ0n) is 18.9. The Kier molecular flexibility index (Phi) is 5.75. The minimum atomic E-state index is -0.0419. The molecule has 0 atom stereocenters. The predicted octanol–water partition coefficient (Wildman–Crippen LogP) is 4.04. The van der Waals surface area contributed by atoms with Crippen LogP contribution in [0.3, 0.4) is 0 Å². The van der Waals surface area contributed by atoms with Gasteiger partial charge in [0, 0.05) is 35.0 Å². The van der Waals surface area contributed by atoms with E-state index in [-0.39, 0.29) is 17.9 Å². The van der Waals surface area contributed by atoms with Gasteiger partial charge in [-0.3, -0.25) is 4.79 Å². The lowest BCUT2D eigenvalue weighted by molar-refractivity contribution is -0.120. The van der Waals surface area contributed by atoms with E-state index in [1.54, 1.807) is 13.4 Å². The maximum atomic E-state index is 12.8. The molecular formula is C25H27N7O2. The van der Waals surface area contributed by atoms with Crippen molar-refractivity contribution < 1.29 is 9.53 Å². The minimum absolute atomic E-state index is 0.0396. The van der Waals surface area contributed by atoms with E-state index in [2.05, 4.69) is 19.9 Å². The number of carbonyl (C=O) groups is 1. The average Bonchev–Trinajstić information content (AvgIpc) is 3.29. The van der Waals surface area contributed by atoms with E-state index in [0.29, 0.717) is 34.2 Å². The fraction of sp³-hybridized carbons (Fsp3) is 0.280. The standard InChI is InChI=1S/C25H27N7O2/c1-34-20-7-3-6-18(13-20)29-25(33)15-8-10-19(11-9-15)32-14-28-21-22(27)30-23(31-24(21)32)16-4-2-5-17(26)12-16/h2-7,12-15,19H,8-11,26H2,1H3,(H,29,33)(H2,27,30,31)/t15-,19+. The summed E-state index contributed by atoms with van der Waals surface area (Å²) in [6.07, 6.45) is 5.03. The molecule has 5 rings (SSSR count). The molecule has 0 radical (unpaired) electrons. The largest absolute Gasteiger partial charge is 0.497 e. The number of amides is 1. The number of aromatic nitrogens is 4. The Bertz CT molecular complexity index is 1340. The van der Waals surface area contributed by atoms with Crippen LogP contribution >= 0.6 is 0 Å². The van der Waals surface area contributed by atoms with Gasteiger partial charge < -0.3 is 26.1 Å². The Morgan fingerprint density at radius 2 is 1.85 bits per heavy atom. The van der Waals surface area contributed by atoms with Gasteiger partial charge in [0.25, 0.3) is 0 Å². The van der Waals surface area contributed by atoms with Gasteiger partial charge in [0.1, 0.15) is 11.3 Å². The van der Waals surface area contributed by atoms with Crippen LogP contribution in [0.2, 0.25) is 0 Å². The van der Waals surface area contributed by atoms with Gasteiger partial charge in [-0.2, -0.15) is 0 Å². The average molecular weight is 458 g/mol. The molecule has 0 unspecified atom stereocenters. The van der Waals surface area contributed by atoms with Crippen molar-refractivity contribution in [2.45, 2.75) is 31.7 Å². The molecule has 1 fully saturated rings. The van der Waals surface area contributed by atoms with Crippen LogP contribution in [0.5, 0.6) is 5.75 Å². The number of fused-ring (bicyclic) bond motifs is 1. The number of rotatable bonds is 5. The van der Waals surface area contributed by atoms with Gasteiger partial charge >= 0.3 is 0 Å². The summed E-state index contributed by atoms with van der Waals surface area (Å²) < 4.78 is 7.31. The molecule has 4 aromatic rings. The van der Waals surface area contributed by atoms with E-state index in [1.165, 1.54) is 0 Å². The van der Waals surface area contributed by atoms with Gasteiger partial charge in [0.2, 0.25) is 5.91 Å². The van der Waals surface area contributed by atoms with Crippen molar-refractivity contribution in [3.8, 4) is 17.1 Å². The van der Waals surface area contributed by atoms with Gasteiger partial charge in [-0.15, -0.1) is 0 Å². The summed E-state index contributed by atoms with van der Waals surface area (Å²) >= 11 is 0. The van der Waals surface area contributed by atoms with Crippen molar-refractivity contribution in [2.75, 3.05) is 23.9 Å². The van der Waals surface area contributed by atoms with Gasteiger partial charge in [0.15, 0.2) is 17.3 Å². The molecule has 5 N–H and O–H groups in total. The molecule has 1 amide bonds. The molecule has 9 heteroatoms. The van der Waals surface area contributed by atoms with Crippen LogP contribution in [-0.4, -0.2) is 32.5 Å². The predicted molar refractivity (Wildman–Crippen MR) is 132 cm³/mol. The first-order chi connectivity index (χ1) is 16.5. The molecule has 9 nitrogen and oxygen atoms in total. The van der Waals surface area contributed by atoms with Gasteiger partial charge in [-0.05, 0) is 49.9 Å². The van der Waals surface area contributed by atoms with Crippen molar-refractivity contribution in [3.63, 3.8) is 0 Å². The number of ether oxygens (including phenoxy) is 1. The molecule has 34 heavy (non-hydrogen) atoms. The molecule has 1 saturated carbocycles. The number of imidazole rings is 1. The van der Waals surface area contributed by atoms with Crippen LogP contribution < -0.4 is 21.5 Å². The van der Waals surface area contributed by atoms with Crippen LogP contribution in [-0.2, 0) is 4.79 Å². The number of methoxy groups -OCH3 is 1. The Hall–Kier alpha value is -4.14. The normalized spacial score (nSPS) is 18.0. The molecule has 0 spiro atoms. The number of nitrogens with one attached hydrogen (secondary N) is 1. The van der Waals surface area contributed by atoms with Crippen molar-refractivity contribution >= 4 is 34.3 Å². The van der Waals surface area contributed by atoms with Crippen molar-refractivity contribution in [1.82, 2.24) is 19.5 Å². The Morgan fingerprint density at radius 3 is 2.62 bits per heavy atom. The molecule has 0 bridgehead atoms. The summed E-state index contributed by atoms with van der Waals surface area (Å²) in [5, 5.41) is 3.02. The van der Waals surface area contributed by atoms with Crippen LogP contribution in [0.4, 0.5) is 17.2 Å². The first-order valence-electron chi connectivity index (χ1n) is 11.3. The zero-order chi connectivity index (χ0) is 23.7. The minimum Gasteiger partial charge on any atom is -0.497 e. The maximum absolute atomic E-state index is 12.8. The van der Waals surface area contributed by atoms with Crippen molar-refractivity contribution in [2.24, 2.45) is 5.92 Å². The van der Waals surface area contributed by atoms with Gasteiger partial charge in [-0.1, -0.05) is 18.2 Å². The van der Waals surface area contributed by atoms with E-state index in [9.17, 15) is 4.79 Å². The summed E-state index contributed by atoms with van der Waals surface area (Å²) in [6.45, 7) is 0. The topological polar surface area (TPSA) is 134 Å². The maximum Gasteiger partial charge on any atom is 0.227 e. The number of hydrogen-bond donors (Lipinski definition) is 3. The SMILES string of the molecule is COc1cccc(NC(=O)[C@H]2CC[C@@H](n3cnc4c(N)nc(-c5cccc(N)c5)nc43)CC2)c1. The highest BCUT2D eigenvalue weighted by Crippen LogP contribution is 2.35. The smallest absolute Gasteiger partial charge is 0.227 e. The quantitative estimate of drug-likeness (QED) is 0.385. The number of nitrogens with zero attached hydrogens (tertiary/aromatic N) is 4. The van der Waals surface area contributed by atoms with Crippen molar-refractivity contribution in [1.29, 1.82) is 0 Å². The Balaban J connectivity index is 1.32. The second-order valence-electron chi connectivity index (χ2n) is 8.61. The zero-order valence-corrected chi connectivity index (χ0v) is 18.9. The van der Waals surface area contributed by atoms with Gasteiger partial charge in [-0.25, -0.2) is 15.0 Å². The summed E-state index contributed by atoms with van der Waals surface area (Å²) in [6, 6.07) is 15.0. The van der Waals surface area contributed by atoms with Crippen molar-refractivity contribution in [3.05, 3.63) is 54.9 Å². The second kappa shape index (κ2) is 9.01. The molecule has 1 aliphatic rings. The number of hydrogen-bond acceptors (Lipinski definition) is 7. The van der Waals surface area contributed by atoms with Gasteiger partial charge in [0.05, 0.1) is 13.4 Å². The molecule has 0 aliphatic heterocycles. The summed E-state index contributed by atoms with van der Waals surface area (Å²) in [5.74, 6) is 1.57. The van der Waals surface area contributed by atoms with E-state index in [4.69, 9.17) is 21.2 Å². The lowest BCUT2D eigenvalue weighted by Gasteiger charge is -2.28. The lowest BCUT2D eigenvalue weighted by Crippen LogP contribution is -2.28. The summed E-state index contributed by atoms with van der Waals surface area (Å²) in [5.41, 5.74) is 15.6. The highest BCUT2D eigenvalue weighted by molar-refractivity contribution is 5.92. The lowest BCUT2D eigenvalue weighted by atomic mass is 9.85. The number of nitrogens with two attached hydrogens (primary N) is 2. The van der Waals surface area contributed by atoms with E-state index >= 15 is 0 Å². The molecular weight excluding hydrogens is 430 g/mol. The molecule has 2 aromatic carbocycles. The number of carbonyl (C=O) groups excluding carboxylic acids is 1. The van der Waals surface area contributed by atoms with E-state index < -0.39 is 0 Å². The molecule has 174 valence electrons. The highest BCUT2D eigenvalue weighted by Gasteiger charge is 2.28. The van der Waals surface area contributed by atoms with Crippen LogP contribution in [0.1, 0.15) is 31.7 Å². The third-order valence-electron chi connectivity index (χ3n) is 6.39. The second-order valence-corrected chi connectivity index (χ2v) is 8.61. The summed E-state index contributed by atoms with van der Waals surface area (Å²) in [7, 11) is 1.61. The third kappa shape index (κ3) is 4.24. The Morgan fingerprint density at radius 1 is 1.06 bits per heavy atom. The number of benzene rings is 2. The monoisotopic (exact) mass is 457 g/mol. The highest BCUT2D eigenvalue weighted by atomic mass is 16.5. The van der Waals surface area contributed by atoms with Crippen LogP contribution in [0.25, 0.3) is 22.6 Å². The molecule has 0 saturated heterocycles.